The zero-order valence-electron chi connectivity index (χ0n) is 10.0. The lowest BCUT2D eigenvalue weighted by Crippen LogP contribution is -2.28. The molecule has 0 aromatic carbocycles. The highest BCUT2D eigenvalue weighted by molar-refractivity contribution is 7.09. The Morgan fingerprint density at radius 3 is 2.94 bits per heavy atom. The quantitative estimate of drug-likeness (QED) is 0.856. The van der Waals surface area contributed by atoms with Gasteiger partial charge >= 0.3 is 0 Å². The third kappa shape index (κ3) is 4.05. The van der Waals surface area contributed by atoms with E-state index in [-0.39, 0.29) is 5.91 Å². The third-order valence-corrected chi connectivity index (χ3v) is 3.73. The molecule has 0 unspecified atom stereocenters. The summed E-state index contributed by atoms with van der Waals surface area (Å²) < 4.78 is 4.03. The number of aromatic nitrogens is 2. The third-order valence-electron chi connectivity index (χ3n) is 3.01. The molecule has 0 aliphatic carbocycles. The number of piperidine rings is 1. The number of anilines is 1. The molecule has 0 saturated carbocycles. The number of hydrogen-bond acceptors (Lipinski definition) is 5. The molecule has 94 valence electrons. The van der Waals surface area contributed by atoms with Crippen molar-refractivity contribution in [3.8, 4) is 0 Å². The number of hydrogen-bond donors (Lipinski definition) is 2. The maximum Gasteiger partial charge on any atom is 0.226 e. The number of carbonyl (C=O) groups excluding carboxylic acids is 1. The maximum atomic E-state index is 11.7. The van der Waals surface area contributed by atoms with E-state index in [2.05, 4.69) is 20.0 Å². The molecule has 5 nitrogen and oxygen atoms in total. The first-order valence-corrected chi connectivity index (χ1v) is 6.82. The highest BCUT2D eigenvalue weighted by Gasteiger charge is 2.15. The Labute approximate surface area is 105 Å². The number of rotatable bonds is 4. The van der Waals surface area contributed by atoms with E-state index in [1.807, 2.05) is 6.92 Å². The molecule has 1 fully saturated rings. The van der Waals surface area contributed by atoms with Crippen LogP contribution in [0, 0.1) is 12.8 Å². The standard InChI is InChI=1S/C11H18N4OS/c1-8-13-11(17-15-8)14-10(16)3-2-9-4-6-12-7-5-9/h9,12H,2-7H2,1H3,(H,13,14,15,16). The van der Waals surface area contributed by atoms with Crippen molar-refractivity contribution in [3.05, 3.63) is 5.82 Å². The number of amides is 1. The van der Waals surface area contributed by atoms with Crippen LogP contribution in [0.3, 0.4) is 0 Å². The lowest BCUT2D eigenvalue weighted by molar-refractivity contribution is -0.116. The van der Waals surface area contributed by atoms with Gasteiger partial charge in [0.05, 0.1) is 0 Å². The Morgan fingerprint density at radius 2 is 2.29 bits per heavy atom. The van der Waals surface area contributed by atoms with Gasteiger partial charge < -0.3 is 10.6 Å². The number of nitrogens with one attached hydrogen (secondary N) is 2. The van der Waals surface area contributed by atoms with Gasteiger partial charge in [0, 0.05) is 18.0 Å². The number of aryl methyl sites for hydroxylation is 1. The lowest BCUT2D eigenvalue weighted by Gasteiger charge is -2.21. The summed E-state index contributed by atoms with van der Waals surface area (Å²) in [6.07, 6.45) is 3.94. The van der Waals surface area contributed by atoms with Crippen LogP contribution in [0.5, 0.6) is 0 Å². The smallest absolute Gasteiger partial charge is 0.226 e. The first kappa shape index (κ1) is 12.4. The lowest BCUT2D eigenvalue weighted by atomic mass is 9.93. The highest BCUT2D eigenvalue weighted by atomic mass is 32.1. The summed E-state index contributed by atoms with van der Waals surface area (Å²) in [4.78, 5) is 15.8. The van der Waals surface area contributed by atoms with Crippen LogP contribution in [0.15, 0.2) is 0 Å². The van der Waals surface area contributed by atoms with Crippen molar-refractivity contribution in [2.45, 2.75) is 32.6 Å². The first-order chi connectivity index (χ1) is 8.24. The van der Waals surface area contributed by atoms with Crippen molar-refractivity contribution < 1.29 is 4.79 Å². The predicted molar refractivity (Wildman–Crippen MR) is 68.1 cm³/mol. The minimum Gasteiger partial charge on any atom is -0.317 e. The van der Waals surface area contributed by atoms with Crippen LogP contribution in [0.1, 0.15) is 31.5 Å². The van der Waals surface area contributed by atoms with Crippen LogP contribution in [-0.2, 0) is 4.79 Å². The Kier molecular flexibility index (Phi) is 4.44. The van der Waals surface area contributed by atoms with Crippen molar-refractivity contribution in [1.82, 2.24) is 14.7 Å². The monoisotopic (exact) mass is 254 g/mol. The molecule has 0 radical (unpaired) electrons. The van der Waals surface area contributed by atoms with Gasteiger partial charge in [-0.3, -0.25) is 4.79 Å². The summed E-state index contributed by atoms with van der Waals surface area (Å²) >= 11 is 1.24. The van der Waals surface area contributed by atoms with Gasteiger partial charge in [-0.25, -0.2) is 4.98 Å². The summed E-state index contributed by atoms with van der Waals surface area (Å²) in [7, 11) is 0. The molecule has 0 bridgehead atoms. The Bertz CT molecular complexity index is 373. The summed E-state index contributed by atoms with van der Waals surface area (Å²) in [6, 6.07) is 0. The Balaban J connectivity index is 1.70. The van der Waals surface area contributed by atoms with Crippen LogP contribution in [0.4, 0.5) is 5.13 Å². The molecule has 1 aliphatic heterocycles. The minimum atomic E-state index is 0.0553. The molecule has 6 heteroatoms. The van der Waals surface area contributed by atoms with Gasteiger partial charge in [0.2, 0.25) is 11.0 Å². The van der Waals surface area contributed by atoms with E-state index in [0.717, 1.165) is 19.5 Å². The van der Waals surface area contributed by atoms with E-state index in [1.165, 1.54) is 24.4 Å². The number of nitrogens with zero attached hydrogens (tertiary/aromatic N) is 2. The SMILES string of the molecule is Cc1nsc(NC(=O)CCC2CCNCC2)n1. The van der Waals surface area contributed by atoms with E-state index in [4.69, 9.17) is 0 Å². The summed E-state index contributed by atoms with van der Waals surface area (Å²) in [5.41, 5.74) is 0. The van der Waals surface area contributed by atoms with E-state index < -0.39 is 0 Å². The van der Waals surface area contributed by atoms with Crippen molar-refractivity contribution in [2.24, 2.45) is 5.92 Å². The van der Waals surface area contributed by atoms with Crippen molar-refractivity contribution in [2.75, 3.05) is 18.4 Å². The molecule has 0 spiro atoms. The zero-order chi connectivity index (χ0) is 12.1. The van der Waals surface area contributed by atoms with E-state index >= 15 is 0 Å². The molecule has 2 N–H and O–H groups in total. The summed E-state index contributed by atoms with van der Waals surface area (Å²) in [6.45, 7) is 3.99. The molecule has 2 rings (SSSR count). The minimum absolute atomic E-state index is 0.0553. The second-order valence-electron chi connectivity index (χ2n) is 4.43. The molecular weight excluding hydrogens is 236 g/mol. The van der Waals surface area contributed by atoms with Gasteiger partial charge in [0.1, 0.15) is 5.82 Å². The molecule has 1 aromatic rings. The second-order valence-corrected chi connectivity index (χ2v) is 5.18. The summed E-state index contributed by atoms with van der Waals surface area (Å²) in [5.74, 6) is 1.46. The van der Waals surface area contributed by atoms with Gasteiger partial charge in [-0.05, 0) is 45.2 Å². The average Bonchev–Trinajstić information content (AvgIpc) is 2.73. The molecular formula is C11H18N4OS. The van der Waals surface area contributed by atoms with Crippen LogP contribution in [0.2, 0.25) is 0 Å². The van der Waals surface area contributed by atoms with Crippen molar-refractivity contribution in [1.29, 1.82) is 0 Å². The van der Waals surface area contributed by atoms with Gasteiger partial charge in [-0.1, -0.05) is 0 Å². The molecule has 2 heterocycles. The van der Waals surface area contributed by atoms with Crippen molar-refractivity contribution in [3.63, 3.8) is 0 Å². The topological polar surface area (TPSA) is 66.9 Å². The molecule has 17 heavy (non-hydrogen) atoms. The summed E-state index contributed by atoms with van der Waals surface area (Å²) in [5, 5.41) is 6.73. The van der Waals surface area contributed by atoms with Crippen molar-refractivity contribution >= 4 is 22.6 Å². The first-order valence-electron chi connectivity index (χ1n) is 6.05. The average molecular weight is 254 g/mol. The van der Waals surface area contributed by atoms with Gasteiger partial charge in [-0.15, -0.1) is 0 Å². The molecule has 1 aromatic heterocycles. The van der Waals surface area contributed by atoms with Gasteiger partial charge in [0.15, 0.2) is 0 Å². The predicted octanol–water partition coefficient (Wildman–Crippen LogP) is 1.56. The Hall–Kier alpha value is -1.01. The number of carbonyl (C=O) groups is 1. The van der Waals surface area contributed by atoms with Crippen LogP contribution < -0.4 is 10.6 Å². The molecule has 0 atom stereocenters. The van der Waals surface area contributed by atoms with Crippen LogP contribution >= 0.6 is 11.5 Å². The second kappa shape index (κ2) is 6.07. The van der Waals surface area contributed by atoms with Crippen LogP contribution in [-0.4, -0.2) is 28.4 Å². The van der Waals surface area contributed by atoms with Gasteiger partial charge in [0.25, 0.3) is 0 Å². The fourth-order valence-electron chi connectivity index (χ4n) is 2.04. The van der Waals surface area contributed by atoms with Crippen LogP contribution in [0.25, 0.3) is 0 Å². The van der Waals surface area contributed by atoms with E-state index in [1.54, 1.807) is 0 Å². The maximum absolute atomic E-state index is 11.7. The zero-order valence-corrected chi connectivity index (χ0v) is 10.8. The molecule has 1 amide bonds. The highest BCUT2D eigenvalue weighted by Crippen LogP contribution is 2.18. The fraction of sp³-hybridized carbons (Fsp3) is 0.727. The van der Waals surface area contributed by atoms with E-state index in [0.29, 0.717) is 23.3 Å². The fourth-order valence-corrected chi connectivity index (χ4v) is 2.63. The normalized spacial score (nSPS) is 17.0. The molecule has 1 aliphatic rings. The largest absolute Gasteiger partial charge is 0.317 e. The molecule has 1 saturated heterocycles. The van der Waals surface area contributed by atoms with E-state index in [9.17, 15) is 4.79 Å². The van der Waals surface area contributed by atoms with Gasteiger partial charge in [-0.2, -0.15) is 4.37 Å². The Morgan fingerprint density at radius 1 is 1.53 bits per heavy atom.